The van der Waals surface area contributed by atoms with Crippen molar-refractivity contribution >= 4 is 17.5 Å². The Labute approximate surface area is 114 Å². The van der Waals surface area contributed by atoms with Crippen LogP contribution in [0.15, 0.2) is 30.6 Å². The number of anilines is 2. The lowest BCUT2D eigenvalue weighted by molar-refractivity contribution is 0.102. The van der Waals surface area contributed by atoms with Gasteiger partial charge in [0.15, 0.2) is 11.6 Å². The fraction of sp³-hybridized carbons (Fsp3) is 0.154. The SMILES string of the molecule is CN(C)c1ncc(NC(=O)c2ccc(F)c(F)c2)cn1. The van der Waals surface area contributed by atoms with Gasteiger partial charge in [-0.2, -0.15) is 0 Å². The van der Waals surface area contributed by atoms with Crippen LogP contribution >= 0.6 is 0 Å². The molecule has 0 aliphatic heterocycles. The highest BCUT2D eigenvalue weighted by Crippen LogP contribution is 2.12. The summed E-state index contributed by atoms with van der Waals surface area (Å²) in [6.07, 6.45) is 2.86. The van der Waals surface area contributed by atoms with Gasteiger partial charge in [-0.15, -0.1) is 0 Å². The van der Waals surface area contributed by atoms with Gasteiger partial charge in [0, 0.05) is 19.7 Å². The molecule has 0 spiro atoms. The number of hydrogen-bond acceptors (Lipinski definition) is 4. The summed E-state index contributed by atoms with van der Waals surface area (Å²) in [5.41, 5.74) is 0.380. The van der Waals surface area contributed by atoms with E-state index < -0.39 is 17.5 Å². The van der Waals surface area contributed by atoms with E-state index in [2.05, 4.69) is 15.3 Å². The zero-order valence-electron chi connectivity index (χ0n) is 10.9. The first kappa shape index (κ1) is 13.9. The van der Waals surface area contributed by atoms with Gasteiger partial charge in [-0.1, -0.05) is 0 Å². The maximum Gasteiger partial charge on any atom is 0.255 e. The average Bonchev–Trinajstić information content (AvgIpc) is 2.42. The summed E-state index contributed by atoms with van der Waals surface area (Å²) in [5, 5.41) is 2.50. The molecule has 0 fully saturated rings. The fourth-order valence-corrected chi connectivity index (χ4v) is 1.46. The third-order valence-corrected chi connectivity index (χ3v) is 2.48. The number of nitrogens with one attached hydrogen (secondary N) is 1. The molecular formula is C13H12F2N4O. The number of halogens is 2. The van der Waals surface area contributed by atoms with Crippen molar-refractivity contribution in [3.05, 3.63) is 47.8 Å². The molecule has 0 aliphatic rings. The highest BCUT2D eigenvalue weighted by atomic mass is 19.2. The van der Waals surface area contributed by atoms with Crippen molar-refractivity contribution in [2.75, 3.05) is 24.3 Å². The van der Waals surface area contributed by atoms with Crippen LogP contribution in [0.5, 0.6) is 0 Å². The van der Waals surface area contributed by atoms with Gasteiger partial charge in [-0.3, -0.25) is 4.79 Å². The van der Waals surface area contributed by atoms with Crippen LogP contribution in [0.1, 0.15) is 10.4 Å². The maximum absolute atomic E-state index is 13.0. The van der Waals surface area contributed by atoms with Gasteiger partial charge in [0.05, 0.1) is 18.1 Å². The quantitative estimate of drug-likeness (QED) is 0.933. The van der Waals surface area contributed by atoms with E-state index in [-0.39, 0.29) is 5.56 Å². The molecule has 1 heterocycles. The van der Waals surface area contributed by atoms with Gasteiger partial charge in [0.2, 0.25) is 5.95 Å². The Morgan fingerprint density at radius 2 is 1.80 bits per heavy atom. The Balaban J connectivity index is 2.12. The average molecular weight is 278 g/mol. The zero-order valence-corrected chi connectivity index (χ0v) is 10.9. The van der Waals surface area contributed by atoms with Crippen LogP contribution < -0.4 is 10.2 Å². The molecule has 0 unspecified atom stereocenters. The van der Waals surface area contributed by atoms with E-state index in [1.54, 1.807) is 19.0 Å². The van der Waals surface area contributed by atoms with E-state index in [1.165, 1.54) is 18.5 Å². The third kappa shape index (κ3) is 3.05. The van der Waals surface area contributed by atoms with Crippen LogP contribution in [0.3, 0.4) is 0 Å². The number of rotatable bonds is 3. The second kappa shape index (κ2) is 5.60. The first-order valence-electron chi connectivity index (χ1n) is 5.73. The molecule has 1 N–H and O–H groups in total. The summed E-state index contributed by atoms with van der Waals surface area (Å²) < 4.78 is 25.8. The number of carbonyl (C=O) groups excluding carboxylic acids is 1. The van der Waals surface area contributed by atoms with E-state index in [1.807, 2.05) is 0 Å². The van der Waals surface area contributed by atoms with E-state index in [0.717, 1.165) is 12.1 Å². The summed E-state index contributed by atoms with van der Waals surface area (Å²) in [4.78, 5) is 21.6. The molecule has 0 aliphatic carbocycles. The molecule has 1 aromatic heterocycles. The normalized spacial score (nSPS) is 10.2. The molecule has 20 heavy (non-hydrogen) atoms. The first-order chi connectivity index (χ1) is 9.47. The Bertz CT molecular complexity index is 629. The molecule has 1 amide bonds. The van der Waals surface area contributed by atoms with Gasteiger partial charge < -0.3 is 10.2 Å². The number of aromatic nitrogens is 2. The summed E-state index contributed by atoms with van der Waals surface area (Å²) in [5.74, 6) is -2.14. The van der Waals surface area contributed by atoms with Crippen LogP contribution in [0, 0.1) is 11.6 Å². The van der Waals surface area contributed by atoms with E-state index in [0.29, 0.717) is 11.6 Å². The first-order valence-corrected chi connectivity index (χ1v) is 5.73. The Kier molecular flexibility index (Phi) is 3.88. The predicted molar refractivity (Wildman–Crippen MR) is 70.7 cm³/mol. The fourth-order valence-electron chi connectivity index (χ4n) is 1.46. The minimum Gasteiger partial charge on any atom is -0.347 e. The Morgan fingerprint density at radius 1 is 1.15 bits per heavy atom. The largest absolute Gasteiger partial charge is 0.347 e. The highest BCUT2D eigenvalue weighted by Gasteiger charge is 2.10. The van der Waals surface area contributed by atoms with Crippen molar-refractivity contribution in [3.63, 3.8) is 0 Å². The number of nitrogens with zero attached hydrogens (tertiary/aromatic N) is 3. The molecule has 2 rings (SSSR count). The van der Waals surface area contributed by atoms with E-state index >= 15 is 0 Å². The van der Waals surface area contributed by atoms with Crippen molar-refractivity contribution in [3.8, 4) is 0 Å². The van der Waals surface area contributed by atoms with Gasteiger partial charge in [0.1, 0.15) is 0 Å². The van der Waals surface area contributed by atoms with Crippen molar-refractivity contribution in [2.24, 2.45) is 0 Å². The number of amides is 1. The molecule has 0 atom stereocenters. The van der Waals surface area contributed by atoms with Crippen LogP contribution in [-0.2, 0) is 0 Å². The number of benzene rings is 1. The molecule has 0 saturated heterocycles. The summed E-state index contributed by atoms with van der Waals surface area (Å²) in [6.45, 7) is 0. The molecule has 0 saturated carbocycles. The molecule has 1 aromatic carbocycles. The van der Waals surface area contributed by atoms with Crippen molar-refractivity contribution in [1.29, 1.82) is 0 Å². The zero-order chi connectivity index (χ0) is 14.7. The topological polar surface area (TPSA) is 58.1 Å². The second-order valence-corrected chi connectivity index (χ2v) is 4.25. The molecule has 5 nitrogen and oxygen atoms in total. The summed E-state index contributed by atoms with van der Waals surface area (Å²) >= 11 is 0. The second-order valence-electron chi connectivity index (χ2n) is 4.25. The van der Waals surface area contributed by atoms with Gasteiger partial charge >= 0.3 is 0 Å². The standard InChI is InChI=1S/C13H12F2N4O/c1-19(2)13-16-6-9(7-17-13)18-12(20)8-3-4-10(14)11(15)5-8/h3-7H,1-2H3,(H,18,20). The van der Waals surface area contributed by atoms with Crippen molar-refractivity contribution in [2.45, 2.75) is 0 Å². The van der Waals surface area contributed by atoms with Crippen molar-refractivity contribution < 1.29 is 13.6 Å². The van der Waals surface area contributed by atoms with Crippen LogP contribution in [-0.4, -0.2) is 30.0 Å². The molecule has 7 heteroatoms. The lowest BCUT2D eigenvalue weighted by atomic mass is 10.2. The van der Waals surface area contributed by atoms with Gasteiger partial charge in [-0.05, 0) is 18.2 Å². The van der Waals surface area contributed by atoms with Crippen LogP contribution in [0.25, 0.3) is 0 Å². The smallest absolute Gasteiger partial charge is 0.255 e. The van der Waals surface area contributed by atoms with Crippen LogP contribution in [0.4, 0.5) is 20.4 Å². The Hall–Kier alpha value is -2.57. The maximum atomic E-state index is 13.0. The Morgan fingerprint density at radius 3 is 2.35 bits per heavy atom. The summed E-state index contributed by atoms with van der Waals surface area (Å²) in [6, 6.07) is 2.93. The van der Waals surface area contributed by atoms with Gasteiger partial charge in [-0.25, -0.2) is 18.7 Å². The third-order valence-electron chi connectivity index (χ3n) is 2.48. The van der Waals surface area contributed by atoms with Crippen molar-refractivity contribution in [1.82, 2.24) is 9.97 Å². The molecule has 0 radical (unpaired) electrons. The predicted octanol–water partition coefficient (Wildman–Crippen LogP) is 2.07. The molecular weight excluding hydrogens is 266 g/mol. The van der Waals surface area contributed by atoms with Crippen LogP contribution in [0.2, 0.25) is 0 Å². The van der Waals surface area contributed by atoms with E-state index in [9.17, 15) is 13.6 Å². The minimum atomic E-state index is -1.07. The van der Waals surface area contributed by atoms with Gasteiger partial charge in [0.25, 0.3) is 5.91 Å². The highest BCUT2D eigenvalue weighted by molar-refractivity contribution is 6.04. The number of hydrogen-bond donors (Lipinski definition) is 1. The molecule has 2 aromatic rings. The summed E-state index contributed by atoms with van der Waals surface area (Å²) in [7, 11) is 3.57. The monoisotopic (exact) mass is 278 g/mol. The lowest BCUT2D eigenvalue weighted by Crippen LogP contribution is -2.15. The van der Waals surface area contributed by atoms with E-state index in [4.69, 9.17) is 0 Å². The number of carbonyl (C=O) groups is 1. The molecule has 0 bridgehead atoms. The lowest BCUT2D eigenvalue weighted by Gasteiger charge is -2.10. The minimum absolute atomic E-state index is 0.0144. The molecule has 104 valence electrons.